The maximum absolute atomic E-state index is 5.58. The number of hydrogen-bond donors (Lipinski definition) is 2. The molecule has 0 fully saturated rings. The second kappa shape index (κ2) is 5.82. The number of hydrazine groups is 1. The molecule has 0 spiro atoms. The zero-order valence-electron chi connectivity index (χ0n) is 11.2. The number of hydrogen-bond acceptors (Lipinski definition) is 2. The lowest BCUT2D eigenvalue weighted by Gasteiger charge is -2.23. The van der Waals surface area contributed by atoms with E-state index in [1.165, 1.54) is 5.56 Å². The average Bonchev–Trinajstić information content (AvgIpc) is 2.29. The Kier molecular flexibility index (Phi) is 4.70. The van der Waals surface area contributed by atoms with Gasteiger partial charge in [-0.05, 0) is 17.4 Å². The third-order valence-electron chi connectivity index (χ3n) is 2.62. The Labute approximate surface area is 104 Å². The van der Waals surface area contributed by atoms with Crippen molar-refractivity contribution in [3.05, 3.63) is 35.4 Å². The first-order chi connectivity index (χ1) is 8.00. The van der Waals surface area contributed by atoms with Crippen molar-refractivity contribution in [2.45, 2.75) is 39.5 Å². The summed E-state index contributed by atoms with van der Waals surface area (Å²) in [4.78, 5) is 4.49. The molecule has 0 saturated heterocycles. The van der Waals surface area contributed by atoms with E-state index < -0.39 is 0 Å². The number of nitrogens with one attached hydrogen (secondary N) is 1. The van der Waals surface area contributed by atoms with Gasteiger partial charge in [0.1, 0.15) is 5.84 Å². The number of benzene rings is 1. The van der Waals surface area contributed by atoms with Crippen molar-refractivity contribution in [2.75, 3.05) is 6.54 Å². The van der Waals surface area contributed by atoms with Crippen LogP contribution in [0.25, 0.3) is 0 Å². The molecule has 0 saturated carbocycles. The fraction of sp³-hybridized carbons (Fsp3) is 0.500. The summed E-state index contributed by atoms with van der Waals surface area (Å²) in [5, 5.41) is 0. The fourth-order valence-corrected chi connectivity index (χ4v) is 1.78. The number of rotatable bonds is 3. The minimum Gasteiger partial charge on any atom is -0.308 e. The molecule has 0 aromatic heterocycles. The van der Waals surface area contributed by atoms with Gasteiger partial charge in [0.2, 0.25) is 0 Å². The van der Waals surface area contributed by atoms with Crippen molar-refractivity contribution in [3.8, 4) is 0 Å². The van der Waals surface area contributed by atoms with Crippen LogP contribution in [0.4, 0.5) is 0 Å². The van der Waals surface area contributed by atoms with Gasteiger partial charge in [0.25, 0.3) is 0 Å². The minimum absolute atomic E-state index is 0.0838. The molecule has 0 aliphatic carbocycles. The molecule has 94 valence electrons. The van der Waals surface area contributed by atoms with Gasteiger partial charge in [-0.25, -0.2) is 5.84 Å². The normalized spacial score (nSPS) is 12.6. The first-order valence-electron chi connectivity index (χ1n) is 6.11. The third-order valence-corrected chi connectivity index (χ3v) is 2.62. The topological polar surface area (TPSA) is 50.4 Å². The average molecular weight is 233 g/mol. The molecule has 0 aliphatic rings. The molecule has 0 unspecified atom stereocenters. The molecule has 17 heavy (non-hydrogen) atoms. The van der Waals surface area contributed by atoms with Crippen LogP contribution in [0.3, 0.4) is 0 Å². The van der Waals surface area contributed by atoms with Crippen molar-refractivity contribution in [1.29, 1.82) is 0 Å². The summed E-state index contributed by atoms with van der Waals surface area (Å²) in [5.41, 5.74) is 5.15. The summed E-state index contributed by atoms with van der Waals surface area (Å²) in [6.07, 6.45) is 1.02. The standard InChI is InChI=1S/C14H23N3/c1-5-10-16-13(17-15)11-8-6-7-9-12(11)14(2,3)4/h6-9H,5,10,15H2,1-4H3,(H,16,17). The van der Waals surface area contributed by atoms with Gasteiger partial charge in [0.05, 0.1) is 0 Å². The van der Waals surface area contributed by atoms with Gasteiger partial charge in [-0.2, -0.15) is 0 Å². The lowest BCUT2D eigenvalue weighted by molar-refractivity contribution is 0.588. The van der Waals surface area contributed by atoms with Gasteiger partial charge in [-0.3, -0.25) is 4.99 Å². The summed E-state index contributed by atoms with van der Waals surface area (Å²) in [7, 11) is 0. The van der Waals surface area contributed by atoms with E-state index in [4.69, 9.17) is 5.84 Å². The maximum atomic E-state index is 5.58. The minimum atomic E-state index is 0.0838. The third kappa shape index (κ3) is 3.56. The van der Waals surface area contributed by atoms with Crippen molar-refractivity contribution < 1.29 is 0 Å². The van der Waals surface area contributed by atoms with Gasteiger partial charge in [0.15, 0.2) is 0 Å². The van der Waals surface area contributed by atoms with E-state index in [1.54, 1.807) is 0 Å². The molecule has 0 atom stereocenters. The molecule has 0 bridgehead atoms. The van der Waals surface area contributed by atoms with Crippen LogP contribution in [0.2, 0.25) is 0 Å². The largest absolute Gasteiger partial charge is 0.308 e. The predicted molar refractivity (Wildman–Crippen MR) is 74.2 cm³/mol. The van der Waals surface area contributed by atoms with Crippen molar-refractivity contribution in [3.63, 3.8) is 0 Å². The van der Waals surface area contributed by atoms with Crippen LogP contribution in [-0.4, -0.2) is 12.4 Å². The highest BCUT2D eigenvalue weighted by Crippen LogP contribution is 2.25. The lowest BCUT2D eigenvalue weighted by Crippen LogP contribution is -2.33. The highest BCUT2D eigenvalue weighted by atomic mass is 15.2. The molecule has 3 heteroatoms. The Morgan fingerprint density at radius 1 is 1.29 bits per heavy atom. The summed E-state index contributed by atoms with van der Waals surface area (Å²) in [6, 6.07) is 8.27. The summed E-state index contributed by atoms with van der Waals surface area (Å²) in [6.45, 7) is 9.48. The van der Waals surface area contributed by atoms with E-state index in [2.05, 4.69) is 56.3 Å². The van der Waals surface area contributed by atoms with Crippen molar-refractivity contribution in [1.82, 2.24) is 5.43 Å². The first-order valence-corrected chi connectivity index (χ1v) is 6.11. The van der Waals surface area contributed by atoms with Crippen LogP contribution in [-0.2, 0) is 5.41 Å². The molecular weight excluding hydrogens is 210 g/mol. The first kappa shape index (κ1) is 13.7. The Morgan fingerprint density at radius 2 is 1.94 bits per heavy atom. The summed E-state index contributed by atoms with van der Waals surface area (Å²) in [5.74, 6) is 6.35. The van der Waals surface area contributed by atoms with Crippen molar-refractivity contribution >= 4 is 5.84 Å². The van der Waals surface area contributed by atoms with Gasteiger partial charge >= 0.3 is 0 Å². The summed E-state index contributed by atoms with van der Waals surface area (Å²) >= 11 is 0. The molecule has 1 rings (SSSR count). The maximum Gasteiger partial charge on any atom is 0.142 e. The Hall–Kier alpha value is -1.35. The monoisotopic (exact) mass is 233 g/mol. The second-order valence-electron chi connectivity index (χ2n) is 5.17. The van der Waals surface area contributed by atoms with Crippen LogP contribution in [0.5, 0.6) is 0 Å². The van der Waals surface area contributed by atoms with Gasteiger partial charge < -0.3 is 5.43 Å². The van der Waals surface area contributed by atoms with Gasteiger partial charge in [0, 0.05) is 12.1 Å². The number of amidine groups is 1. The van der Waals surface area contributed by atoms with Gasteiger partial charge in [-0.1, -0.05) is 52.0 Å². The Balaban J connectivity index is 3.20. The molecular formula is C14H23N3. The van der Waals surface area contributed by atoms with Gasteiger partial charge in [-0.15, -0.1) is 0 Å². The Bertz CT molecular complexity index is 389. The molecule has 0 aliphatic heterocycles. The molecule has 0 radical (unpaired) electrons. The zero-order valence-corrected chi connectivity index (χ0v) is 11.2. The fourth-order valence-electron chi connectivity index (χ4n) is 1.78. The number of aliphatic imine (C=N–C) groups is 1. The number of nitrogens with two attached hydrogens (primary N) is 1. The van der Waals surface area contributed by atoms with Crippen molar-refractivity contribution in [2.24, 2.45) is 10.8 Å². The van der Waals surface area contributed by atoms with Crippen LogP contribution in [0.1, 0.15) is 45.2 Å². The van der Waals surface area contributed by atoms with E-state index in [1.807, 2.05) is 6.07 Å². The van der Waals surface area contributed by atoms with E-state index in [-0.39, 0.29) is 5.41 Å². The number of nitrogens with zero attached hydrogens (tertiary/aromatic N) is 1. The smallest absolute Gasteiger partial charge is 0.142 e. The summed E-state index contributed by atoms with van der Waals surface area (Å²) < 4.78 is 0. The second-order valence-corrected chi connectivity index (χ2v) is 5.17. The molecule has 1 aromatic carbocycles. The van der Waals surface area contributed by atoms with Crippen LogP contribution < -0.4 is 11.3 Å². The highest BCUT2D eigenvalue weighted by Gasteiger charge is 2.19. The molecule has 0 amide bonds. The highest BCUT2D eigenvalue weighted by molar-refractivity contribution is 6.00. The van der Waals surface area contributed by atoms with Crippen LogP contribution >= 0.6 is 0 Å². The lowest BCUT2D eigenvalue weighted by atomic mass is 9.83. The molecule has 1 aromatic rings. The quantitative estimate of drug-likeness (QED) is 0.365. The molecule has 0 heterocycles. The molecule has 3 nitrogen and oxygen atoms in total. The zero-order chi connectivity index (χ0) is 12.9. The van der Waals surface area contributed by atoms with Crippen LogP contribution in [0.15, 0.2) is 29.3 Å². The Morgan fingerprint density at radius 3 is 2.47 bits per heavy atom. The van der Waals surface area contributed by atoms with E-state index >= 15 is 0 Å². The van der Waals surface area contributed by atoms with E-state index in [0.717, 1.165) is 24.4 Å². The van der Waals surface area contributed by atoms with E-state index in [9.17, 15) is 0 Å². The van der Waals surface area contributed by atoms with E-state index in [0.29, 0.717) is 0 Å². The molecule has 3 N–H and O–H groups in total. The predicted octanol–water partition coefficient (Wildman–Crippen LogP) is 2.60. The van der Waals surface area contributed by atoms with Crippen LogP contribution in [0, 0.1) is 0 Å². The SMILES string of the molecule is CCCN=C(NN)c1ccccc1C(C)(C)C.